The number of carbonyl (C=O) groups excluding carboxylic acids is 1. The van der Waals surface area contributed by atoms with Crippen molar-refractivity contribution >= 4 is 29.3 Å². The number of morpholine rings is 1. The summed E-state index contributed by atoms with van der Waals surface area (Å²) in [6, 6.07) is 5.87. The Balaban J connectivity index is 0.00000208. The van der Waals surface area contributed by atoms with Crippen molar-refractivity contribution in [1.82, 2.24) is 19.8 Å². The Labute approximate surface area is 146 Å². The fourth-order valence-electron chi connectivity index (χ4n) is 2.91. The number of halogens is 1. The molecule has 0 radical (unpaired) electrons. The molecule has 1 aliphatic heterocycles. The van der Waals surface area contributed by atoms with Crippen LogP contribution in [0.15, 0.2) is 23.0 Å². The summed E-state index contributed by atoms with van der Waals surface area (Å²) in [6.45, 7) is 2.52. The number of carbonyl (C=O) groups is 1. The average Bonchev–Trinajstić information content (AvgIpc) is 2.78. The van der Waals surface area contributed by atoms with Crippen molar-refractivity contribution in [2.45, 2.75) is 19.0 Å². The van der Waals surface area contributed by atoms with E-state index in [2.05, 4.69) is 10.6 Å². The number of nitrogens with zero attached hydrogens (tertiary/aromatic N) is 2. The van der Waals surface area contributed by atoms with E-state index in [1.165, 1.54) is 0 Å². The van der Waals surface area contributed by atoms with Crippen LogP contribution in [0, 0.1) is 0 Å². The van der Waals surface area contributed by atoms with Crippen LogP contribution in [0.25, 0.3) is 11.0 Å². The zero-order valence-corrected chi connectivity index (χ0v) is 14.7. The van der Waals surface area contributed by atoms with E-state index in [4.69, 9.17) is 4.74 Å². The van der Waals surface area contributed by atoms with Crippen molar-refractivity contribution in [3.05, 3.63) is 34.2 Å². The smallest absolute Gasteiger partial charge is 0.328 e. The highest BCUT2D eigenvalue weighted by atomic mass is 35.5. The maximum atomic E-state index is 12.0. The third-order valence-corrected chi connectivity index (χ3v) is 4.26. The molecule has 2 heterocycles. The number of nitrogens with one attached hydrogen (secondary N) is 2. The molecule has 1 saturated heterocycles. The second-order valence-electron chi connectivity index (χ2n) is 5.93. The first kappa shape index (κ1) is 18.5. The Morgan fingerprint density at radius 2 is 2.08 bits per heavy atom. The summed E-state index contributed by atoms with van der Waals surface area (Å²) in [7, 11) is 3.51. The van der Waals surface area contributed by atoms with Gasteiger partial charge in [-0.1, -0.05) is 6.07 Å². The van der Waals surface area contributed by atoms with Gasteiger partial charge in [-0.3, -0.25) is 13.9 Å². The molecular formula is C16H23ClN4O3. The summed E-state index contributed by atoms with van der Waals surface area (Å²) in [5.41, 5.74) is 2.67. The molecule has 1 unspecified atom stereocenters. The highest BCUT2D eigenvalue weighted by Crippen LogP contribution is 2.14. The first-order chi connectivity index (χ1) is 11.1. The van der Waals surface area contributed by atoms with E-state index in [9.17, 15) is 9.59 Å². The molecule has 1 amide bonds. The Bertz CT molecular complexity index is 777. The molecule has 0 aliphatic carbocycles. The Kier molecular flexibility index (Phi) is 6.04. The van der Waals surface area contributed by atoms with E-state index in [0.29, 0.717) is 26.2 Å². The van der Waals surface area contributed by atoms with E-state index in [0.717, 1.165) is 23.1 Å². The number of aromatic nitrogens is 2. The summed E-state index contributed by atoms with van der Waals surface area (Å²) < 4.78 is 8.58. The number of ether oxygens (including phenoxy) is 1. The first-order valence-corrected chi connectivity index (χ1v) is 7.78. The van der Waals surface area contributed by atoms with Crippen LogP contribution in [-0.2, 0) is 30.2 Å². The normalized spacial score (nSPS) is 17.5. The molecule has 2 aromatic rings. The molecule has 8 heteroatoms. The molecular weight excluding hydrogens is 332 g/mol. The summed E-state index contributed by atoms with van der Waals surface area (Å²) >= 11 is 0. The number of benzene rings is 1. The van der Waals surface area contributed by atoms with Gasteiger partial charge >= 0.3 is 5.69 Å². The predicted octanol–water partition coefficient (Wildman–Crippen LogP) is 0.294. The van der Waals surface area contributed by atoms with Crippen molar-refractivity contribution in [1.29, 1.82) is 0 Å². The second-order valence-corrected chi connectivity index (χ2v) is 5.93. The minimum absolute atomic E-state index is 0. The van der Waals surface area contributed by atoms with Crippen LogP contribution in [0.3, 0.4) is 0 Å². The van der Waals surface area contributed by atoms with Gasteiger partial charge in [0.2, 0.25) is 5.91 Å². The van der Waals surface area contributed by atoms with Crippen molar-refractivity contribution in [3.8, 4) is 0 Å². The lowest BCUT2D eigenvalue weighted by Crippen LogP contribution is -2.44. The molecule has 2 N–H and O–H groups in total. The van der Waals surface area contributed by atoms with Crippen LogP contribution in [0.1, 0.15) is 12.0 Å². The van der Waals surface area contributed by atoms with Crippen LogP contribution >= 0.6 is 12.4 Å². The van der Waals surface area contributed by atoms with Gasteiger partial charge < -0.3 is 15.4 Å². The summed E-state index contributed by atoms with van der Waals surface area (Å²) in [5, 5.41) is 6.19. The van der Waals surface area contributed by atoms with Crippen LogP contribution < -0.4 is 16.3 Å². The van der Waals surface area contributed by atoms with Crippen LogP contribution in [-0.4, -0.2) is 40.8 Å². The molecule has 1 aromatic carbocycles. The van der Waals surface area contributed by atoms with E-state index < -0.39 is 0 Å². The molecule has 0 spiro atoms. The van der Waals surface area contributed by atoms with E-state index in [1.807, 2.05) is 18.2 Å². The van der Waals surface area contributed by atoms with Gasteiger partial charge in [0.05, 0.1) is 24.2 Å². The minimum atomic E-state index is -0.0513. The number of hydrogen-bond donors (Lipinski definition) is 2. The predicted molar refractivity (Wildman–Crippen MR) is 94.5 cm³/mol. The van der Waals surface area contributed by atoms with Crippen LogP contribution in [0.4, 0.5) is 0 Å². The highest BCUT2D eigenvalue weighted by molar-refractivity contribution is 5.85. The molecule has 1 aliphatic rings. The van der Waals surface area contributed by atoms with Crippen LogP contribution in [0.5, 0.6) is 0 Å². The fourth-order valence-corrected chi connectivity index (χ4v) is 2.91. The van der Waals surface area contributed by atoms with Gasteiger partial charge in [-0.15, -0.1) is 12.4 Å². The number of aryl methyl sites for hydroxylation is 2. The monoisotopic (exact) mass is 354 g/mol. The molecule has 24 heavy (non-hydrogen) atoms. The molecule has 1 atom stereocenters. The lowest BCUT2D eigenvalue weighted by Gasteiger charge is -2.23. The molecule has 7 nitrogen and oxygen atoms in total. The fraction of sp³-hybridized carbons (Fsp3) is 0.500. The minimum Gasteiger partial charge on any atom is -0.378 e. The third-order valence-electron chi connectivity index (χ3n) is 4.26. The summed E-state index contributed by atoms with van der Waals surface area (Å²) in [5.74, 6) is -0.00459. The number of rotatable bonds is 4. The average molecular weight is 355 g/mol. The van der Waals surface area contributed by atoms with Gasteiger partial charge in [-0.25, -0.2) is 4.79 Å². The quantitative estimate of drug-likeness (QED) is 0.827. The Morgan fingerprint density at radius 3 is 2.79 bits per heavy atom. The summed E-state index contributed by atoms with van der Waals surface area (Å²) in [6.07, 6.45) is 0.409. The van der Waals surface area contributed by atoms with Gasteiger partial charge in [0.25, 0.3) is 0 Å². The lowest BCUT2D eigenvalue weighted by atomic mass is 10.1. The second kappa shape index (κ2) is 7.83. The van der Waals surface area contributed by atoms with E-state index in [-0.39, 0.29) is 30.0 Å². The SMILES string of the molecule is Cl.Cn1c(=O)n(C)c2cc(CNC(=O)CC3COCCN3)ccc21. The molecule has 0 bridgehead atoms. The Morgan fingerprint density at radius 1 is 1.33 bits per heavy atom. The Hall–Kier alpha value is -1.83. The number of hydrogen-bond acceptors (Lipinski definition) is 4. The topological polar surface area (TPSA) is 77.3 Å². The van der Waals surface area contributed by atoms with Crippen LogP contribution in [0.2, 0.25) is 0 Å². The zero-order chi connectivity index (χ0) is 16.4. The molecule has 0 saturated carbocycles. The first-order valence-electron chi connectivity index (χ1n) is 7.78. The maximum absolute atomic E-state index is 12.0. The van der Waals surface area contributed by atoms with Gasteiger partial charge in [0.1, 0.15) is 0 Å². The standard InChI is InChI=1S/C16H22N4O3.ClH/c1-19-13-4-3-11(7-14(13)20(2)16(19)22)9-18-15(21)8-12-10-23-6-5-17-12;/h3-4,7,12,17H,5-6,8-10H2,1-2H3,(H,18,21);1H. The van der Waals surface area contributed by atoms with Crippen molar-refractivity contribution < 1.29 is 9.53 Å². The van der Waals surface area contributed by atoms with E-state index >= 15 is 0 Å². The number of imidazole rings is 1. The van der Waals surface area contributed by atoms with Crippen molar-refractivity contribution in [3.63, 3.8) is 0 Å². The number of fused-ring (bicyclic) bond motifs is 1. The van der Waals surface area contributed by atoms with Crippen molar-refractivity contribution in [2.75, 3.05) is 19.8 Å². The third kappa shape index (κ3) is 3.80. The van der Waals surface area contributed by atoms with Gasteiger partial charge in [-0.2, -0.15) is 0 Å². The highest BCUT2D eigenvalue weighted by Gasteiger charge is 2.16. The maximum Gasteiger partial charge on any atom is 0.328 e. The van der Waals surface area contributed by atoms with Crippen molar-refractivity contribution in [2.24, 2.45) is 14.1 Å². The lowest BCUT2D eigenvalue weighted by molar-refractivity contribution is -0.122. The zero-order valence-electron chi connectivity index (χ0n) is 13.9. The largest absolute Gasteiger partial charge is 0.378 e. The molecule has 132 valence electrons. The van der Waals surface area contributed by atoms with Gasteiger partial charge in [0, 0.05) is 39.6 Å². The molecule has 1 fully saturated rings. The summed E-state index contributed by atoms with van der Waals surface area (Å²) in [4.78, 5) is 23.9. The number of amides is 1. The van der Waals surface area contributed by atoms with Gasteiger partial charge in [-0.05, 0) is 17.7 Å². The van der Waals surface area contributed by atoms with E-state index in [1.54, 1.807) is 23.2 Å². The molecule has 1 aromatic heterocycles. The van der Waals surface area contributed by atoms with Gasteiger partial charge in [0.15, 0.2) is 0 Å². The molecule has 3 rings (SSSR count).